The number of aromatic nitrogens is 4. The molecule has 0 aliphatic heterocycles. The van der Waals surface area contributed by atoms with Gasteiger partial charge in [-0.15, -0.1) is 10.2 Å². The molecule has 0 aromatic carbocycles. The van der Waals surface area contributed by atoms with Crippen LogP contribution in [-0.4, -0.2) is 26.8 Å². The Balaban J connectivity index is 1.78. The van der Waals surface area contributed by atoms with Crippen LogP contribution in [0.3, 0.4) is 0 Å². The van der Waals surface area contributed by atoms with Gasteiger partial charge in [0.1, 0.15) is 0 Å². The molecule has 1 N–H and O–H groups in total. The predicted octanol–water partition coefficient (Wildman–Crippen LogP) is 1.27. The Hall–Kier alpha value is -0.970. The van der Waals surface area contributed by atoms with Gasteiger partial charge < -0.3 is 5.32 Å². The lowest BCUT2D eigenvalue weighted by molar-refractivity contribution is 0.267. The molecule has 1 heterocycles. The van der Waals surface area contributed by atoms with Gasteiger partial charge in [0.25, 0.3) is 0 Å². The molecule has 16 heavy (non-hydrogen) atoms. The number of hydrogen-bond acceptors (Lipinski definition) is 4. The summed E-state index contributed by atoms with van der Waals surface area (Å²) in [4.78, 5) is 1.50. The maximum absolute atomic E-state index is 4.16. The molecule has 1 aromatic rings. The van der Waals surface area contributed by atoms with Gasteiger partial charge in [-0.05, 0) is 29.9 Å². The van der Waals surface area contributed by atoms with Gasteiger partial charge >= 0.3 is 0 Å². The van der Waals surface area contributed by atoms with Crippen molar-refractivity contribution in [2.75, 3.05) is 6.54 Å². The highest BCUT2D eigenvalue weighted by Crippen LogP contribution is 2.40. The number of aryl methyl sites for hydroxylation is 1. The van der Waals surface area contributed by atoms with Crippen molar-refractivity contribution < 1.29 is 0 Å². The Bertz CT molecular complexity index is 327. The fourth-order valence-electron chi connectivity index (χ4n) is 2.61. The Morgan fingerprint density at radius 1 is 1.38 bits per heavy atom. The molecule has 0 saturated heterocycles. The Kier molecular flexibility index (Phi) is 3.53. The summed E-state index contributed by atoms with van der Waals surface area (Å²) in [6.45, 7) is 4.12. The van der Waals surface area contributed by atoms with Gasteiger partial charge in [0.05, 0.1) is 13.6 Å². The van der Waals surface area contributed by atoms with Crippen molar-refractivity contribution in [2.24, 2.45) is 12.5 Å². The zero-order valence-electron chi connectivity index (χ0n) is 10.2. The molecule has 1 aliphatic carbocycles. The van der Waals surface area contributed by atoms with Crippen LogP contribution in [0.15, 0.2) is 0 Å². The van der Waals surface area contributed by atoms with E-state index in [9.17, 15) is 0 Å². The SMILES string of the molecule is CCC1(CNCc2nnn(C)n2)CCCC1. The van der Waals surface area contributed by atoms with Crippen LogP contribution in [0.25, 0.3) is 0 Å². The molecule has 5 nitrogen and oxygen atoms in total. The second kappa shape index (κ2) is 4.91. The number of tetrazole rings is 1. The Labute approximate surface area is 96.6 Å². The zero-order chi connectivity index (χ0) is 11.4. The van der Waals surface area contributed by atoms with Crippen molar-refractivity contribution in [3.05, 3.63) is 5.82 Å². The molecule has 5 heteroatoms. The topological polar surface area (TPSA) is 55.6 Å². The molecule has 1 aromatic heterocycles. The van der Waals surface area contributed by atoms with E-state index >= 15 is 0 Å². The highest BCUT2D eigenvalue weighted by molar-refractivity contribution is 4.86. The second-order valence-electron chi connectivity index (χ2n) is 4.86. The van der Waals surface area contributed by atoms with E-state index in [0.717, 1.165) is 18.9 Å². The zero-order valence-corrected chi connectivity index (χ0v) is 10.2. The molecular formula is C11H21N5. The van der Waals surface area contributed by atoms with E-state index in [1.54, 1.807) is 7.05 Å². The summed E-state index contributed by atoms with van der Waals surface area (Å²) in [6, 6.07) is 0. The van der Waals surface area contributed by atoms with Crippen LogP contribution >= 0.6 is 0 Å². The van der Waals surface area contributed by atoms with E-state index < -0.39 is 0 Å². The Morgan fingerprint density at radius 2 is 2.12 bits per heavy atom. The Morgan fingerprint density at radius 3 is 2.69 bits per heavy atom. The van der Waals surface area contributed by atoms with E-state index in [4.69, 9.17) is 0 Å². The van der Waals surface area contributed by atoms with Crippen molar-refractivity contribution in [2.45, 2.75) is 45.6 Å². The van der Waals surface area contributed by atoms with E-state index in [1.807, 2.05) is 0 Å². The molecule has 0 spiro atoms. The van der Waals surface area contributed by atoms with Crippen LogP contribution in [0, 0.1) is 5.41 Å². The van der Waals surface area contributed by atoms with Crippen LogP contribution in [-0.2, 0) is 13.6 Å². The van der Waals surface area contributed by atoms with Crippen LogP contribution in [0.2, 0.25) is 0 Å². The smallest absolute Gasteiger partial charge is 0.188 e. The highest BCUT2D eigenvalue weighted by Gasteiger charge is 2.31. The minimum atomic E-state index is 0.530. The number of rotatable bonds is 5. The minimum absolute atomic E-state index is 0.530. The average Bonchev–Trinajstić information content (AvgIpc) is 2.89. The van der Waals surface area contributed by atoms with Gasteiger partial charge in [0, 0.05) is 6.54 Å². The van der Waals surface area contributed by atoms with E-state index in [0.29, 0.717) is 5.41 Å². The monoisotopic (exact) mass is 223 g/mol. The summed E-state index contributed by atoms with van der Waals surface area (Å²) in [5.41, 5.74) is 0.530. The maximum atomic E-state index is 4.16. The van der Waals surface area contributed by atoms with E-state index in [2.05, 4.69) is 27.7 Å². The third-order valence-corrected chi connectivity index (χ3v) is 3.75. The van der Waals surface area contributed by atoms with Gasteiger partial charge in [0.15, 0.2) is 5.82 Å². The van der Waals surface area contributed by atoms with Gasteiger partial charge in [-0.1, -0.05) is 19.8 Å². The molecule has 0 unspecified atom stereocenters. The first-order valence-corrected chi connectivity index (χ1v) is 6.18. The second-order valence-corrected chi connectivity index (χ2v) is 4.86. The van der Waals surface area contributed by atoms with Crippen LogP contribution in [0.5, 0.6) is 0 Å². The first kappa shape index (κ1) is 11.5. The highest BCUT2D eigenvalue weighted by atomic mass is 15.6. The summed E-state index contributed by atoms with van der Waals surface area (Å²) in [5.74, 6) is 0.784. The lowest BCUT2D eigenvalue weighted by Crippen LogP contribution is -2.31. The lowest BCUT2D eigenvalue weighted by atomic mass is 9.83. The molecule has 0 radical (unpaired) electrons. The van der Waals surface area contributed by atoms with Crippen LogP contribution in [0.4, 0.5) is 0 Å². The van der Waals surface area contributed by atoms with Crippen molar-refractivity contribution >= 4 is 0 Å². The predicted molar refractivity (Wildman–Crippen MR) is 61.7 cm³/mol. The summed E-state index contributed by atoms with van der Waals surface area (Å²) < 4.78 is 0. The third kappa shape index (κ3) is 2.58. The molecule has 2 rings (SSSR count). The molecule has 90 valence electrons. The molecule has 1 fully saturated rings. The number of nitrogens with zero attached hydrogens (tertiary/aromatic N) is 4. The summed E-state index contributed by atoms with van der Waals surface area (Å²) in [6.07, 6.45) is 6.78. The van der Waals surface area contributed by atoms with Gasteiger partial charge in [0.2, 0.25) is 0 Å². The van der Waals surface area contributed by atoms with Crippen molar-refractivity contribution in [3.8, 4) is 0 Å². The average molecular weight is 223 g/mol. The van der Waals surface area contributed by atoms with Gasteiger partial charge in [-0.3, -0.25) is 0 Å². The molecule has 0 bridgehead atoms. The molecule has 0 amide bonds. The lowest BCUT2D eigenvalue weighted by Gasteiger charge is -2.27. The van der Waals surface area contributed by atoms with Gasteiger partial charge in [-0.25, -0.2) is 0 Å². The fourth-order valence-corrected chi connectivity index (χ4v) is 2.61. The molecule has 1 aliphatic rings. The van der Waals surface area contributed by atoms with Crippen molar-refractivity contribution in [1.82, 2.24) is 25.5 Å². The standard InChI is InChI=1S/C11H21N5/c1-3-11(6-4-5-7-11)9-12-8-10-13-15-16(2)14-10/h12H,3-9H2,1-2H3. The first-order valence-electron chi connectivity index (χ1n) is 6.18. The minimum Gasteiger partial charge on any atom is -0.309 e. The number of hydrogen-bond donors (Lipinski definition) is 1. The third-order valence-electron chi connectivity index (χ3n) is 3.75. The van der Waals surface area contributed by atoms with Gasteiger partial charge in [-0.2, -0.15) is 4.80 Å². The quantitative estimate of drug-likeness (QED) is 0.816. The van der Waals surface area contributed by atoms with E-state index in [1.165, 1.54) is 36.9 Å². The number of nitrogens with one attached hydrogen (secondary N) is 1. The molecule has 1 saturated carbocycles. The van der Waals surface area contributed by atoms with Crippen LogP contribution < -0.4 is 5.32 Å². The molecule has 0 atom stereocenters. The van der Waals surface area contributed by atoms with E-state index in [-0.39, 0.29) is 0 Å². The molecular weight excluding hydrogens is 202 g/mol. The summed E-state index contributed by atoms with van der Waals surface area (Å²) >= 11 is 0. The normalized spacial score (nSPS) is 19.1. The fraction of sp³-hybridized carbons (Fsp3) is 0.909. The van der Waals surface area contributed by atoms with Crippen molar-refractivity contribution in [1.29, 1.82) is 0 Å². The first-order chi connectivity index (χ1) is 7.74. The maximum Gasteiger partial charge on any atom is 0.188 e. The van der Waals surface area contributed by atoms with Crippen LogP contribution in [0.1, 0.15) is 44.9 Å². The summed E-state index contributed by atoms with van der Waals surface area (Å²) in [5, 5.41) is 15.4. The summed E-state index contributed by atoms with van der Waals surface area (Å²) in [7, 11) is 1.79. The largest absolute Gasteiger partial charge is 0.309 e. The van der Waals surface area contributed by atoms with Crippen molar-refractivity contribution in [3.63, 3.8) is 0 Å².